The van der Waals surface area contributed by atoms with Crippen LogP contribution in [0.15, 0.2) is 0 Å². The van der Waals surface area contributed by atoms with Crippen LogP contribution in [-0.2, 0) is 28.7 Å². The molecule has 0 saturated heterocycles. The Labute approximate surface area is 122 Å². The Morgan fingerprint density at radius 1 is 0.905 bits per heavy atom. The Kier molecular flexibility index (Phi) is 2.97. The molecule has 0 unspecified atom stereocenters. The predicted octanol–water partition coefficient (Wildman–Crippen LogP) is 0.667. The van der Waals surface area contributed by atoms with Crippen LogP contribution in [0.4, 0.5) is 0 Å². The first-order chi connectivity index (χ1) is 9.91. The topological polar surface area (TPSA) is 86.7 Å². The minimum Gasteiger partial charge on any atom is -0.468 e. The molecule has 4 aliphatic carbocycles. The molecule has 4 bridgehead atoms. The molecule has 0 N–H and O–H groups in total. The van der Waals surface area contributed by atoms with Gasteiger partial charge in [-0.25, -0.2) is 0 Å². The minimum atomic E-state index is -1.35. The van der Waals surface area contributed by atoms with E-state index in [0.29, 0.717) is 12.8 Å². The van der Waals surface area contributed by atoms with Gasteiger partial charge >= 0.3 is 11.9 Å². The molecule has 0 radical (unpaired) electrons. The van der Waals surface area contributed by atoms with Gasteiger partial charge < -0.3 is 9.47 Å². The van der Waals surface area contributed by atoms with Crippen molar-refractivity contribution in [2.24, 2.45) is 22.7 Å². The minimum absolute atomic E-state index is 0.0932. The lowest BCUT2D eigenvalue weighted by atomic mass is 9.50. The van der Waals surface area contributed by atoms with Crippen molar-refractivity contribution in [3.05, 3.63) is 0 Å². The molecule has 4 aliphatic rings. The fourth-order valence-electron chi connectivity index (χ4n) is 4.61. The van der Waals surface area contributed by atoms with E-state index in [1.807, 2.05) is 0 Å². The van der Waals surface area contributed by atoms with Gasteiger partial charge in [0.2, 0.25) is 0 Å². The van der Waals surface area contributed by atoms with E-state index in [1.165, 1.54) is 14.2 Å². The van der Waals surface area contributed by atoms with E-state index in [9.17, 15) is 19.2 Å². The van der Waals surface area contributed by atoms with E-state index in [0.717, 1.165) is 0 Å². The number of Topliss-reactive ketones (excluding diaryl/α,β-unsaturated/α-hetero) is 2. The molecule has 0 heterocycles. The van der Waals surface area contributed by atoms with Crippen molar-refractivity contribution in [2.45, 2.75) is 32.1 Å². The zero-order chi connectivity index (χ0) is 15.4. The van der Waals surface area contributed by atoms with Gasteiger partial charge in [0.1, 0.15) is 10.8 Å². The predicted molar refractivity (Wildman–Crippen MR) is 69.0 cm³/mol. The second kappa shape index (κ2) is 4.39. The highest BCUT2D eigenvalue weighted by Crippen LogP contribution is 2.60. The molecular weight excluding hydrogens is 276 g/mol. The van der Waals surface area contributed by atoms with Gasteiger partial charge in [-0.1, -0.05) is 0 Å². The molecule has 4 rings (SSSR count). The quantitative estimate of drug-likeness (QED) is 0.549. The van der Waals surface area contributed by atoms with Crippen LogP contribution in [0.5, 0.6) is 0 Å². The van der Waals surface area contributed by atoms with Crippen molar-refractivity contribution >= 4 is 23.5 Å². The Balaban J connectivity index is 2.18. The summed E-state index contributed by atoms with van der Waals surface area (Å²) >= 11 is 0. The Bertz CT molecular complexity index is 504. The number of carbonyl (C=O) groups excluding carboxylic acids is 4. The number of ether oxygens (including phenoxy) is 2. The molecule has 0 aromatic rings. The maximum absolute atomic E-state index is 12.7. The number of ketones is 2. The summed E-state index contributed by atoms with van der Waals surface area (Å²) in [5.41, 5.74) is -2.69. The van der Waals surface area contributed by atoms with Crippen LogP contribution < -0.4 is 0 Å². The molecule has 6 heteroatoms. The van der Waals surface area contributed by atoms with Crippen molar-refractivity contribution in [3.8, 4) is 0 Å². The van der Waals surface area contributed by atoms with Gasteiger partial charge in [-0.2, -0.15) is 0 Å². The SMILES string of the molecule is COC(=O)[C@]12C[C@H]3CC[C@H](C[C@](C(=O)OC)(C1)C3=O)C2=O. The summed E-state index contributed by atoms with van der Waals surface area (Å²) in [5.74, 6) is -2.44. The zero-order valence-electron chi connectivity index (χ0n) is 12.1. The molecule has 0 amide bonds. The fourth-order valence-corrected chi connectivity index (χ4v) is 4.61. The molecule has 0 aromatic carbocycles. The summed E-state index contributed by atoms with van der Waals surface area (Å²) in [6, 6.07) is 0. The number of methoxy groups -OCH3 is 2. The molecule has 0 aliphatic heterocycles. The van der Waals surface area contributed by atoms with Crippen LogP contribution in [0.3, 0.4) is 0 Å². The molecule has 114 valence electrons. The largest absolute Gasteiger partial charge is 0.468 e. The van der Waals surface area contributed by atoms with Gasteiger partial charge in [0.15, 0.2) is 11.6 Å². The van der Waals surface area contributed by atoms with Gasteiger partial charge in [0, 0.05) is 11.8 Å². The Morgan fingerprint density at radius 2 is 1.29 bits per heavy atom. The number of rotatable bonds is 2. The van der Waals surface area contributed by atoms with Crippen molar-refractivity contribution in [2.75, 3.05) is 14.2 Å². The van der Waals surface area contributed by atoms with Crippen molar-refractivity contribution in [3.63, 3.8) is 0 Å². The molecule has 4 atom stereocenters. The Hall–Kier alpha value is -1.72. The number of carbonyl (C=O) groups is 4. The van der Waals surface area contributed by atoms with Crippen LogP contribution in [0, 0.1) is 22.7 Å². The average Bonchev–Trinajstić information content (AvgIpc) is 2.66. The lowest BCUT2D eigenvalue weighted by Gasteiger charge is -2.49. The van der Waals surface area contributed by atoms with E-state index in [-0.39, 0.29) is 30.8 Å². The van der Waals surface area contributed by atoms with Crippen LogP contribution in [-0.4, -0.2) is 37.7 Å². The van der Waals surface area contributed by atoms with Gasteiger partial charge in [0.05, 0.1) is 14.2 Å². The lowest BCUT2D eigenvalue weighted by molar-refractivity contribution is -0.182. The second-order valence-electron chi connectivity index (χ2n) is 6.43. The van der Waals surface area contributed by atoms with Crippen LogP contribution in [0.2, 0.25) is 0 Å². The molecule has 21 heavy (non-hydrogen) atoms. The summed E-state index contributed by atoms with van der Waals surface area (Å²) in [6.45, 7) is 0. The van der Waals surface area contributed by atoms with Crippen molar-refractivity contribution in [1.82, 2.24) is 0 Å². The van der Waals surface area contributed by atoms with Crippen LogP contribution in [0.25, 0.3) is 0 Å². The maximum Gasteiger partial charge on any atom is 0.319 e. The third kappa shape index (κ3) is 1.59. The molecule has 0 aromatic heterocycles. The van der Waals surface area contributed by atoms with E-state index in [2.05, 4.69) is 0 Å². The average molecular weight is 294 g/mol. The first-order valence-corrected chi connectivity index (χ1v) is 7.17. The van der Waals surface area contributed by atoms with Crippen molar-refractivity contribution < 1.29 is 28.7 Å². The highest BCUT2D eigenvalue weighted by molar-refractivity contribution is 6.14. The lowest BCUT2D eigenvalue weighted by Crippen LogP contribution is -2.61. The first kappa shape index (κ1) is 14.2. The highest BCUT2D eigenvalue weighted by atomic mass is 16.5. The van der Waals surface area contributed by atoms with Gasteiger partial charge in [-0.3, -0.25) is 19.2 Å². The molecule has 6 nitrogen and oxygen atoms in total. The molecular formula is C15H18O6. The summed E-state index contributed by atoms with van der Waals surface area (Å²) in [4.78, 5) is 50.0. The second-order valence-corrected chi connectivity index (χ2v) is 6.43. The number of hydrogen-bond donors (Lipinski definition) is 0. The number of esters is 2. The monoisotopic (exact) mass is 294 g/mol. The van der Waals surface area contributed by atoms with Gasteiger partial charge in [0.25, 0.3) is 0 Å². The number of fused-ring (bicyclic) bond motifs is 1. The van der Waals surface area contributed by atoms with E-state index >= 15 is 0 Å². The van der Waals surface area contributed by atoms with Gasteiger partial charge in [-0.15, -0.1) is 0 Å². The zero-order valence-corrected chi connectivity index (χ0v) is 12.1. The maximum atomic E-state index is 12.7. The number of hydrogen-bond acceptors (Lipinski definition) is 6. The summed E-state index contributed by atoms with van der Waals surface area (Å²) < 4.78 is 9.66. The standard InChI is InChI=1S/C15H18O6/c1-20-12(18)14-5-8-3-4-9(10(14)16)6-15(7-14,11(8)17)13(19)21-2/h8-9H,3-7H2,1-2H3/t8-,9-,14-,15+/m1/s1. The summed E-state index contributed by atoms with van der Waals surface area (Å²) in [6.07, 6.45) is 1.35. The summed E-state index contributed by atoms with van der Waals surface area (Å²) in [5, 5.41) is 0. The Morgan fingerprint density at radius 3 is 1.62 bits per heavy atom. The summed E-state index contributed by atoms with van der Waals surface area (Å²) in [7, 11) is 2.47. The third-order valence-corrected chi connectivity index (χ3v) is 5.49. The van der Waals surface area contributed by atoms with E-state index < -0.39 is 34.6 Å². The van der Waals surface area contributed by atoms with Crippen LogP contribution in [0.1, 0.15) is 32.1 Å². The van der Waals surface area contributed by atoms with Crippen LogP contribution >= 0.6 is 0 Å². The molecule has 4 saturated carbocycles. The normalized spacial score (nSPS) is 40.9. The van der Waals surface area contributed by atoms with Crippen molar-refractivity contribution in [1.29, 1.82) is 0 Å². The highest BCUT2D eigenvalue weighted by Gasteiger charge is 2.70. The first-order valence-electron chi connectivity index (χ1n) is 7.17. The molecule has 0 spiro atoms. The van der Waals surface area contributed by atoms with E-state index in [4.69, 9.17) is 9.47 Å². The van der Waals surface area contributed by atoms with E-state index in [1.54, 1.807) is 0 Å². The molecule has 4 fully saturated rings. The third-order valence-electron chi connectivity index (χ3n) is 5.49. The fraction of sp³-hybridized carbons (Fsp3) is 0.733. The smallest absolute Gasteiger partial charge is 0.319 e. The van der Waals surface area contributed by atoms with Gasteiger partial charge in [-0.05, 0) is 32.1 Å².